The quantitative estimate of drug-likeness (QED) is 0.927. The van der Waals surface area contributed by atoms with Gasteiger partial charge in [0.05, 0.1) is 5.56 Å². The lowest BCUT2D eigenvalue weighted by molar-refractivity contribution is 0.0523. The minimum absolute atomic E-state index is 0.311. The molecule has 0 aliphatic carbocycles. The van der Waals surface area contributed by atoms with Gasteiger partial charge >= 0.3 is 12.1 Å². The van der Waals surface area contributed by atoms with Crippen molar-refractivity contribution in [3.05, 3.63) is 35.4 Å². The van der Waals surface area contributed by atoms with Gasteiger partial charge in [0.25, 0.3) is 0 Å². The molecule has 0 aliphatic rings. The molecule has 1 amide bonds. The lowest BCUT2D eigenvalue weighted by Crippen LogP contribution is -2.32. The van der Waals surface area contributed by atoms with Gasteiger partial charge in [-0.15, -0.1) is 0 Å². The summed E-state index contributed by atoms with van der Waals surface area (Å²) in [6.45, 7) is 5.68. The van der Waals surface area contributed by atoms with Gasteiger partial charge in [0.2, 0.25) is 0 Å². The van der Waals surface area contributed by atoms with Gasteiger partial charge < -0.3 is 14.3 Å². The van der Waals surface area contributed by atoms with E-state index in [4.69, 9.17) is 16.6 Å². The molecular weight excluding hydrogens is 270 g/mol. The Kier molecular flexibility index (Phi) is 5.18. The Labute approximate surface area is 117 Å². The molecule has 0 atom stereocenters. The van der Waals surface area contributed by atoms with Crippen molar-refractivity contribution in [3.8, 4) is 0 Å². The van der Waals surface area contributed by atoms with E-state index in [9.17, 15) is 9.59 Å². The van der Waals surface area contributed by atoms with Crippen molar-refractivity contribution in [2.75, 3.05) is 0 Å². The SMILES string of the molecule is CC(C)(C)OC(=O)NCc1ccc(C(=O)OCl)cc1. The van der Waals surface area contributed by atoms with Gasteiger partial charge in [-0.1, -0.05) is 12.1 Å². The average molecular weight is 286 g/mol. The number of ether oxygens (including phenoxy) is 1. The molecule has 0 bridgehead atoms. The van der Waals surface area contributed by atoms with Crippen molar-refractivity contribution in [1.82, 2.24) is 5.32 Å². The Morgan fingerprint density at radius 1 is 1.21 bits per heavy atom. The third-order valence-electron chi connectivity index (χ3n) is 2.10. The van der Waals surface area contributed by atoms with Crippen LogP contribution in [0.25, 0.3) is 0 Å². The smallest absolute Gasteiger partial charge is 0.407 e. The minimum atomic E-state index is -0.617. The number of carbonyl (C=O) groups is 2. The molecular formula is C13H16ClNO4. The first-order chi connectivity index (χ1) is 8.81. The molecule has 0 radical (unpaired) electrons. The van der Waals surface area contributed by atoms with E-state index in [1.165, 1.54) is 0 Å². The zero-order valence-electron chi connectivity index (χ0n) is 11.0. The van der Waals surface area contributed by atoms with Crippen molar-refractivity contribution in [1.29, 1.82) is 0 Å². The predicted molar refractivity (Wildman–Crippen MR) is 70.8 cm³/mol. The van der Waals surface area contributed by atoms with Crippen LogP contribution in [0, 0.1) is 0 Å². The fourth-order valence-electron chi connectivity index (χ4n) is 1.29. The van der Waals surface area contributed by atoms with Crippen LogP contribution in [0.3, 0.4) is 0 Å². The van der Waals surface area contributed by atoms with E-state index in [2.05, 4.69) is 9.61 Å². The highest BCUT2D eigenvalue weighted by atomic mass is 35.5. The van der Waals surface area contributed by atoms with Crippen LogP contribution in [0.4, 0.5) is 4.79 Å². The zero-order valence-corrected chi connectivity index (χ0v) is 11.8. The maximum atomic E-state index is 11.4. The molecule has 104 valence electrons. The summed E-state index contributed by atoms with van der Waals surface area (Å²) >= 11 is 4.97. The Balaban J connectivity index is 2.50. The second-order valence-corrected chi connectivity index (χ2v) is 5.07. The molecule has 0 heterocycles. The van der Waals surface area contributed by atoms with Gasteiger partial charge in [-0.3, -0.25) is 0 Å². The van der Waals surface area contributed by atoms with Crippen LogP contribution in [-0.2, 0) is 15.6 Å². The summed E-state index contributed by atoms with van der Waals surface area (Å²) in [6, 6.07) is 6.52. The maximum Gasteiger partial charge on any atom is 0.407 e. The first-order valence-electron chi connectivity index (χ1n) is 5.70. The van der Waals surface area contributed by atoms with Crippen LogP contribution in [0.5, 0.6) is 0 Å². The van der Waals surface area contributed by atoms with E-state index in [0.29, 0.717) is 12.1 Å². The largest absolute Gasteiger partial charge is 0.444 e. The summed E-state index contributed by atoms with van der Waals surface area (Å²) in [5.74, 6) is -0.617. The normalized spacial score (nSPS) is 10.7. The highest BCUT2D eigenvalue weighted by Gasteiger charge is 2.15. The first-order valence-corrected chi connectivity index (χ1v) is 6.01. The van der Waals surface area contributed by atoms with Gasteiger partial charge in [0.1, 0.15) is 17.5 Å². The Hall–Kier alpha value is -1.75. The third kappa shape index (κ3) is 5.61. The molecule has 0 aromatic heterocycles. The molecule has 1 N–H and O–H groups in total. The summed E-state index contributed by atoms with van der Waals surface area (Å²) in [5, 5.41) is 2.61. The van der Waals surface area contributed by atoms with Crippen LogP contribution in [-0.4, -0.2) is 17.7 Å². The van der Waals surface area contributed by atoms with E-state index < -0.39 is 17.7 Å². The minimum Gasteiger partial charge on any atom is -0.444 e. The first kappa shape index (κ1) is 15.3. The van der Waals surface area contributed by atoms with Crippen molar-refractivity contribution in [2.45, 2.75) is 32.9 Å². The summed E-state index contributed by atoms with van der Waals surface area (Å²) < 4.78 is 9.17. The number of amides is 1. The van der Waals surface area contributed by atoms with Gasteiger partial charge in [0, 0.05) is 6.54 Å². The number of carbonyl (C=O) groups excluding carboxylic acids is 2. The van der Waals surface area contributed by atoms with Crippen LogP contribution < -0.4 is 5.32 Å². The number of benzene rings is 1. The molecule has 0 aliphatic heterocycles. The lowest BCUT2D eigenvalue weighted by Gasteiger charge is -2.19. The highest BCUT2D eigenvalue weighted by Crippen LogP contribution is 2.09. The number of hydrogen-bond acceptors (Lipinski definition) is 4. The monoisotopic (exact) mass is 285 g/mol. The summed E-state index contributed by atoms with van der Waals surface area (Å²) in [4.78, 5) is 22.5. The number of rotatable bonds is 3. The molecule has 0 spiro atoms. The van der Waals surface area contributed by atoms with Gasteiger partial charge in [-0.05, 0) is 38.5 Å². The van der Waals surface area contributed by atoms with Gasteiger partial charge in [-0.2, -0.15) is 0 Å². The van der Waals surface area contributed by atoms with Crippen LogP contribution in [0.15, 0.2) is 24.3 Å². The molecule has 0 saturated carbocycles. The molecule has 5 nitrogen and oxygen atoms in total. The van der Waals surface area contributed by atoms with Crippen molar-refractivity contribution < 1.29 is 18.6 Å². The van der Waals surface area contributed by atoms with Crippen molar-refractivity contribution in [2.24, 2.45) is 0 Å². The average Bonchev–Trinajstić information content (AvgIpc) is 2.34. The van der Waals surface area contributed by atoms with E-state index in [0.717, 1.165) is 5.56 Å². The molecule has 1 rings (SSSR count). The number of halogens is 1. The Morgan fingerprint density at radius 2 is 1.79 bits per heavy atom. The van der Waals surface area contributed by atoms with Crippen LogP contribution in [0.2, 0.25) is 0 Å². The van der Waals surface area contributed by atoms with Crippen LogP contribution in [0.1, 0.15) is 36.7 Å². The lowest BCUT2D eigenvalue weighted by atomic mass is 10.1. The highest BCUT2D eigenvalue weighted by molar-refractivity contribution is 6.15. The molecule has 1 aromatic carbocycles. The van der Waals surface area contributed by atoms with E-state index in [1.807, 2.05) is 0 Å². The number of hydrogen-bond donors (Lipinski definition) is 1. The van der Waals surface area contributed by atoms with E-state index in [-0.39, 0.29) is 0 Å². The Morgan fingerprint density at radius 3 is 2.26 bits per heavy atom. The van der Waals surface area contributed by atoms with Crippen molar-refractivity contribution in [3.63, 3.8) is 0 Å². The molecule has 1 aromatic rings. The number of nitrogens with one attached hydrogen (secondary N) is 1. The second-order valence-electron chi connectivity index (χ2n) is 4.92. The maximum absolute atomic E-state index is 11.4. The molecule has 0 fully saturated rings. The summed E-state index contributed by atoms with van der Waals surface area (Å²) in [6.07, 6.45) is -0.489. The predicted octanol–water partition coefficient (Wildman–Crippen LogP) is 3.02. The second kappa shape index (κ2) is 6.43. The van der Waals surface area contributed by atoms with Gasteiger partial charge in [0.15, 0.2) is 0 Å². The fraction of sp³-hybridized carbons (Fsp3) is 0.385. The molecule has 19 heavy (non-hydrogen) atoms. The fourth-order valence-corrected chi connectivity index (χ4v) is 1.38. The summed E-state index contributed by atoms with van der Waals surface area (Å²) in [5.41, 5.74) is 0.644. The number of alkyl carbamates (subject to hydrolysis) is 1. The molecule has 0 saturated heterocycles. The van der Waals surface area contributed by atoms with Gasteiger partial charge in [-0.25, -0.2) is 9.59 Å². The summed E-state index contributed by atoms with van der Waals surface area (Å²) in [7, 11) is 0. The molecule has 6 heteroatoms. The van der Waals surface area contributed by atoms with E-state index >= 15 is 0 Å². The van der Waals surface area contributed by atoms with E-state index in [1.54, 1.807) is 45.0 Å². The third-order valence-corrected chi connectivity index (χ3v) is 2.24. The molecule has 0 unspecified atom stereocenters. The topological polar surface area (TPSA) is 64.6 Å². The standard InChI is InChI=1S/C13H16ClNO4/c1-13(2,3)18-12(17)15-8-9-4-6-10(7-5-9)11(16)19-14/h4-7H,8H2,1-3H3,(H,15,17). The van der Waals surface area contributed by atoms with Crippen molar-refractivity contribution >= 4 is 23.9 Å². The van der Waals surface area contributed by atoms with Crippen LogP contribution >= 0.6 is 11.9 Å². The Bertz CT molecular complexity index is 451. The zero-order chi connectivity index (χ0) is 14.5.